The van der Waals surface area contributed by atoms with Gasteiger partial charge in [-0.1, -0.05) is 74.1 Å². The molecule has 0 aromatic heterocycles. The molecular formula is C16H18. The highest BCUT2D eigenvalue weighted by molar-refractivity contribution is 5.59. The maximum atomic E-state index is 2.28. The van der Waals surface area contributed by atoms with Gasteiger partial charge in [0.1, 0.15) is 0 Å². The molecule has 16 heavy (non-hydrogen) atoms. The van der Waals surface area contributed by atoms with E-state index in [1.54, 1.807) is 0 Å². The Morgan fingerprint density at radius 3 is 2.56 bits per heavy atom. The molecule has 82 valence electrons. The Kier molecular flexibility index (Phi) is 2.82. The first-order chi connectivity index (χ1) is 7.59. The molecule has 1 aliphatic rings. The Hall–Kier alpha value is -1.56. The quantitative estimate of drug-likeness (QED) is 0.591. The first-order valence-electron chi connectivity index (χ1n) is 5.73. The second-order valence-electron chi connectivity index (χ2n) is 4.91. The summed E-state index contributed by atoms with van der Waals surface area (Å²) in [6.45, 7) is 6.65. The van der Waals surface area contributed by atoms with E-state index in [-0.39, 0.29) is 5.41 Å². The van der Waals surface area contributed by atoms with Gasteiger partial charge in [0, 0.05) is 5.41 Å². The molecule has 0 N–H and O–H groups in total. The second kappa shape index (κ2) is 4.13. The van der Waals surface area contributed by atoms with Crippen LogP contribution in [0.2, 0.25) is 0 Å². The van der Waals surface area contributed by atoms with E-state index in [9.17, 15) is 0 Å². The summed E-state index contributed by atoms with van der Waals surface area (Å²) in [5, 5.41) is 0. The lowest BCUT2D eigenvalue weighted by molar-refractivity contribution is 0.668. The summed E-state index contributed by atoms with van der Waals surface area (Å²) in [6, 6.07) is 8.60. The third kappa shape index (κ3) is 2.16. The van der Waals surface area contributed by atoms with Crippen molar-refractivity contribution < 1.29 is 0 Å². The molecular weight excluding hydrogens is 192 g/mol. The molecule has 0 saturated carbocycles. The SMILES string of the molecule is CC1=C/C=C/c2ccccc2C(C)(C)\C=C\1. The summed E-state index contributed by atoms with van der Waals surface area (Å²) < 4.78 is 0. The highest BCUT2D eigenvalue weighted by atomic mass is 14.2. The Morgan fingerprint density at radius 2 is 1.75 bits per heavy atom. The average Bonchev–Trinajstić information content (AvgIpc) is 2.31. The summed E-state index contributed by atoms with van der Waals surface area (Å²) in [6.07, 6.45) is 10.9. The van der Waals surface area contributed by atoms with E-state index < -0.39 is 0 Å². The zero-order chi connectivity index (χ0) is 11.6. The zero-order valence-electron chi connectivity index (χ0n) is 10.2. The monoisotopic (exact) mass is 210 g/mol. The van der Waals surface area contributed by atoms with Crippen molar-refractivity contribution in [1.29, 1.82) is 0 Å². The van der Waals surface area contributed by atoms with Crippen molar-refractivity contribution in [2.24, 2.45) is 0 Å². The van der Waals surface area contributed by atoms with Crippen molar-refractivity contribution in [3.05, 3.63) is 65.3 Å². The largest absolute Gasteiger partial charge is 0.0742 e. The van der Waals surface area contributed by atoms with Crippen LogP contribution in [0.5, 0.6) is 0 Å². The molecule has 1 aromatic rings. The zero-order valence-corrected chi connectivity index (χ0v) is 10.2. The van der Waals surface area contributed by atoms with E-state index >= 15 is 0 Å². The number of benzene rings is 1. The molecule has 0 fully saturated rings. The number of hydrogen-bond donors (Lipinski definition) is 0. The van der Waals surface area contributed by atoms with Gasteiger partial charge in [-0.3, -0.25) is 0 Å². The Bertz CT molecular complexity index is 471. The van der Waals surface area contributed by atoms with Gasteiger partial charge < -0.3 is 0 Å². The van der Waals surface area contributed by atoms with E-state index in [0.29, 0.717) is 0 Å². The van der Waals surface area contributed by atoms with E-state index in [2.05, 4.69) is 75.4 Å². The van der Waals surface area contributed by atoms with E-state index in [0.717, 1.165) is 0 Å². The van der Waals surface area contributed by atoms with Crippen LogP contribution in [0, 0.1) is 0 Å². The fraction of sp³-hybridized carbons (Fsp3) is 0.250. The van der Waals surface area contributed by atoms with Crippen LogP contribution in [0.4, 0.5) is 0 Å². The maximum Gasteiger partial charge on any atom is 0.00844 e. The topological polar surface area (TPSA) is 0 Å². The predicted octanol–water partition coefficient (Wildman–Crippen LogP) is 4.49. The van der Waals surface area contributed by atoms with Crippen LogP contribution >= 0.6 is 0 Å². The fourth-order valence-corrected chi connectivity index (χ4v) is 2.02. The Labute approximate surface area is 98.0 Å². The van der Waals surface area contributed by atoms with Gasteiger partial charge in [0.2, 0.25) is 0 Å². The smallest absolute Gasteiger partial charge is 0.00844 e. The molecule has 0 atom stereocenters. The molecule has 0 unspecified atom stereocenters. The van der Waals surface area contributed by atoms with Crippen molar-refractivity contribution >= 4 is 6.08 Å². The molecule has 0 spiro atoms. The van der Waals surface area contributed by atoms with Crippen molar-refractivity contribution in [1.82, 2.24) is 0 Å². The normalized spacial score (nSPS) is 25.3. The minimum absolute atomic E-state index is 0.0837. The molecule has 0 heteroatoms. The van der Waals surface area contributed by atoms with Crippen LogP contribution in [-0.2, 0) is 5.41 Å². The van der Waals surface area contributed by atoms with Gasteiger partial charge >= 0.3 is 0 Å². The Balaban J connectivity index is 2.61. The standard InChI is InChI=1S/C16H18/c1-13-7-6-9-14-8-4-5-10-15(14)16(2,3)12-11-13/h4-12H,1-3H3/b9-6+,12-11+,13-7-. The van der Waals surface area contributed by atoms with Crippen LogP contribution in [-0.4, -0.2) is 0 Å². The lowest BCUT2D eigenvalue weighted by Crippen LogP contribution is -2.14. The maximum absolute atomic E-state index is 2.28. The first kappa shape index (κ1) is 10.9. The number of rotatable bonds is 0. The summed E-state index contributed by atoms with van der Waals surface area (Å²) in [5.41, 5.74) is 4.06. The van der Waals surface area contributed by atoms with Crippen molar-refractivity contribution in [2.45, 2.75) is 26.2 Å². The second-order valence-corrected chi connectivity index (χ2v) is 4.91. The van der Waals surface area contributed by atoms with E-state index in [1.165, 1.54) is 16.7 Å². The van der Waals surface area contributed by atoms with E-state index in [1.807, 2.05) is 0 Å². The fourth-order valence-electron chi connectivity index (χ4n) is 2.02. The van der Waals surface area contributed by atoms with E-state index in [4.69, 9.17) is 0 Å². The lowest BCUT2D eigenvalue weighted by atomic mass is 9.81. The molecule has 0 amide bonds. The van der Waals surface area contributed by atoms with Gasteiger partial charge in [-0.25, -0.2) is 0 Å². The number of hydrogen-bond acceptors (Lipinski definition) is 0. The molecule has 0 bridgehead atoms. The molecule has 1 aromatic carbocycles. The van der Waals surface area contributed by atoms with Crippen LogP contribution in [0.15, 0.2) is 54.1 Å². The predicted molar refractivity (Wildman–Crippen MR) is 71.4 cm³/mol. The van der Waals surface area contributed by atoms with Crippen LogP contribution in [0.1, 0.15) is 31.9 Å². The van der Waals surface area contributed by atoms with Gasteiger partial charge in [0.15, 0.2) is 0 Å². The summed E-state index contributed by atoms with van der Waals surface area (Å²) in [7, 11) is 0. The van der Waals surface area contributed by atoms with Gasteiger partial charge in [0.05, 0.1) is 0 Å². The molecule has 0 heterocycles. The third-order valence-corrected chi connectivity index (χ3v) is 3.05. The van der Waals surface area contributed by atoms with Crippen LogP contribution in [0.25, 0.3) is 6.08 Å². The summed E-state index contributed by atoms with van der Waals surface area (Å²) >= 11 is 0. The minimum Gasteiger partial charge on any atom is -0.0742 e. The van der Waals surface area contributed by atoms with Gasteiger partial charge in [0.25, 0.3) is 0 Å². The van der Waals surface area contributed by atoms with Gasteiger partial charge in [-0.2, -0.15) is 0 Å². The lowest BCUT2D eigenvalue weighted by Gasteiger charge is -2.23. The number of fused-ring (bicyclic) bond motifs is 1. The van der Waals surface area contributed by atoms with Gasteiger partial charge in [-0.15, -0.1) is 0 Å². The van der Waals surface area contributed by atoms with Crippen LogP contribution < -0.4 is 0 Å². The average molecular weight is 210 g/mol. The molecule has 2 rings (SSSR count). The highest BCUT2D eigenvalue weighted by Crippen LogP contribution is 2.29. The third-order valence-electron chi connectivity index (χ3n) is 3.05. The van der Waals surface area contributed by atoms with Crippen molar-refractivity contribution in [2.75, 3.05) is 0 Å². The molecule has 0 nitrogen and oxygen atoms in total. The first-order valence-corrected chi connectivity index (χ1v) is 5.73. The highest BCUT2D eigenvalue weighted by Gasteiger charge is 2.19. The minimum atomic E-state index is 0.0837. The van der Waals surface area contributed by atoms with Crippen molar-refractivity contribution in [3.8, 4) is 0 Å². The number of allylic oxidation sites excluding steroid dienone is 5. The molecule has 0 radical (unpaired) electrons. The molecule has 0 aliphatic heterocycles. The Morgan fingerprint density at radius 1 is 1.00 bits per heavy atom. The van der Waals surface area contributed by atoms with Crippen molar-refractivity contribution in [3.63, 3.8) is 0 Å². The molecule has 0 saturated heterocycles. The molecule has 1 aliphatic carbocycles. The van der Waals surface area contributed by atoms with Crippen LogP contribution in [0.3, 0.4) is 0 Å². The van der Waals surface area contributed by atoms with Gasteiger partial charge in [-0.05, 0) is 18.1 Å². The summed E-state index contributed by atoms with van der Waals surface area (Å²) in [5.74, 6) is 0. The summed E-state index contributed by atoms with van der Waals surface area (Å²) in [4.78, 5) is 0.